The van der Waals surface area contributed by atoms with Crippen LogP contribution in [-0.2, 0) is 0 Å². The molecule has 1 aromatic rings. The van der Waals surface area contributed by atoms with Crippen LogP contribution in [0, 0.1) is 0 Å². The van der Waals surface area contributed by atoms with E-state index in [0.29, 0.717) is 12.4 Å². The number of hydrogen-bond acceptors (Lipinski definition) is 3. The predicted molar refractivity (Wildman–Crippen MR) is 42.3 cm³/mol. The minimum atomic E-state index is -0.129. The molecule has 1 unspecified atom stereocenters. The van der Waals surface area contributed by atoms with Crippen LogP contribution in [0.1, 0.15) is 18.7 Å². The van der Waals surface area contributed by atoms with E-state index in [4.69, 9.17) is 5.73 Å². The summed E-state index contributed by atoms with van der Waals surface area (Å²) in [5.41, 5.74) is 5.26. The van der Waals surface area contributed by atoms with Crippen LogP contribution in [0.4, 0.5) is 0 Å². The standard InChI is InChI=1S/C7H11N3O/c1-5(4-8)7-9-3-2-6(11)10-7/h2-3,5H,4,8H2,1H3,(H,9,10,11). The van der Waals surface area contributed by atoms with Crippen molar-refractivity contribution in [1.82, 2.24) is 9.97 Å². The van der Waals surface area contributed by atoms with Crippen LogP contribution in [0.5, 0.6) is 0 Å². The van der Waals surface area contributed by atoms with Gasteiger partial charge in [0, 0.05) is 24.7 Å². The lowest BCUT2D eigenvalue weighted by molar-refractivity contribution is 0.706. The Kier molecular flexibility index (Phi) is 2.38. The van der Waals surface area contributed by atoms with Crippen LogP contribution in [0.25, 0.3) is 0 Å². The molecule has 0 spiro atoms. The maximum Gasteiger partial charge on any atom is 0.250 e. The van der Waals surface area contributed by atoms with Crippen molar-refractivity contribution in [3.05, 3.63) is 28.4 Å². The minimum Gasteiger partial charge on any atom is -0.330 e. The number of hydrogen-bond donors (Lipinski definition) is 2. The zero-order chi connectivity index (χ0) is 8.27. The molecule has 0 aliphatic heterocycles. The molecule has 11 heavy (non-hydrogen) atoms. The molecule has 0 bridgehead atoms. The Bertz CT molecular complexity index is 281. The van der Waals surface area contributed by atoms with Crippen molar-refractivity contribution in [2.75, 3.05) is 6.54 Å². The van der Waals surface area contributed by atoms with Gasteiger partial charge in [-0.3, -0.25) is 4.79 Å². The number of nitrogens with two attached hydrogens (primary N) is 1. The average molecular weight is 153 g/mol. The molecule has 3 N–H and O–H groups in total. The Morgan fingerprint density at radius 2 is 2.55 bits per heavy atom. The fourth-order valence-corrected chi connectivity index (χ4v) is 0.748. The summed E-state index contributed by atoms with van der Waals surface area (Å²) in [4.78, 5) is 17.4. The molecule has 1 atom stereocenters. The second-order valence-electron chi connectivity index (χ2n) is 2.46. The first-order valence-corrected chi connectivity index (χ1v) is 3.49. The van der Waals surface area contributed by atoms with Crippen LogP contribution in [0.3, 0.4) is 0 Å². The van der Waals surface area contributed by atoms with Gasteiger partial charge in [-0.05, 0) is 0 Å². The molecular formula is C7H11N3O. The summed E-state index contributed by atoms with van der Waals surface area (Å²) >= 11 is 0. The van der Waals surface area contributed by atoms with Crippen molar-refractivity contribution in [1.29, 1.82) is 0 Å². The van der Waals surface area contributed by atoms with Gasteiger partial charge in [0.05, 0.1) is 0 Å². The van der Waals surface area contributed by atoms with Gasteiger partial charge in [-0.15, -0.1) is 0 Å². The zero-order valence-electron chi connectivity index (χ0n) is 6.37. The van der Waals surface area contributed by atoms with Crippen molar-refractivity contribution in [2.45, 2.75) is 12.8 Å². The van der Waals surface area contributed by atoms with E-state index in [0.717, 1.165) is 0 Å². The van der Waals surface area contributed by atoms with E-state index in [-0.39, 0.29) is 11.5 Å². The Morgan fingerprint density at radius 3 is 3.09 bits per heavy atom. The van der Waals surface area contributed by atoms with Gasteiger partial charge in [-0.1, -0.05) is 6.92 Å². The highest BCUT2D eigenvalue weighted by molar-refractivity contribution is 4.95. The molecule has 0 fully saturated rings. The molecule has 0 aliphatic rings. The Hall–Kier alpha value is -1.16. The van der Waals surface area contributed by atoms with Gasteiger partial charge >= 0.3 is 0 Å². The number of nitrogens with zero attached hydrogens (tertiary/aromatic N) is 1. The topological polar surface area (TPSA) is 71.8 Å². The third-order valence-electron chi connectivity index (χ3n) is 1.51. The molecule has 0 radical (unpaired) electrons. The number of rotatable bonds is 2. The molecule has 0 aromatic carbocycles. The van der Waals surface area contributed by atoms with E-state index < -0.39 is 0 Å². The Balaban J connectivity index is 2.96. The first kappa shape index (κ1) is 7.94. The first-order valence-electron chi connectivity index (χ1n) is 3.49. The number of nitrogens with one attached hydrogen (secondary N) is 1. The van der Waals surface area contributed by atoms with Crippen LogP contribution < -0.4 is 11.3 Å². The lowest BCUT2D eigenvalue weighted by Gasteiger charge is -2.04. The van der Waals surface area contributed by atoms with Crippen LogP contribution in [0.15, 0.2) is 17.1 Å². The second kappa shape index (κ2) is 3.30. The summed E-state index contributed by atoms with van der Waals surface area (Å²) in [5, 5.41) is 0. The Labute approximate surface area is 64.5 Å². The average Bonchev–Trinajstić information content (AvgIpc) is 2.03. The van der Waals surface area contributed by atoms with E-state index >= 15 is 0 Å². The van der Waals surface area contributed by atoms with E-state index in [1.165, 1.54) is 12.3 Å². The van der Waals surface area contributed by atoms with Gasteiger partial charge in [0.25, 0.3) is 5.56 Å². The molecule has 1 heterocycles. The summed E-state index contributed by atoms with van der Waals surface area (Å²) < 4.78 is 0. The predicted octanol–water partition coefficient (Wildman–Crippen LogP) is -0.168. The lowest BCUT2D eigenvalue weighted by Crippen LogP contribution is -2.16. The highest BCUT2D eigenvalue weighted by Crippen LogP contribution is 2.03. The molecule has 1 aromatic heterocycles. The van der Waals surface area contributed by atoms with Crippen LogP contribution in [-0.4, -0.2) is 16.5 Å². The molecule has 4 heteroatoms. The molecule has 60 valence electrons. The van der Waals surface area contributed by atoms with Crippen molar-refractivity contribution in [3.8, 4) is 0 Å². The summed E-state index contributed by atoms with van der Waals surface area (Å²) in [6, 6.07) is 1.38. The highest BCUT2D eigenvalue weighted by Gasteiger charge is 2.03. The number of aromatic nitrogens is 2. The minimum absolute atomic E-state index is 0.115. The maximum atomic E-state index is 10.8. The number of aromatic amines is 1. The van der Waals surface area contributed by atoms with Crippen LogP contribution >= 0.6 is 0 Å². The van der Waals surface area contributed by atoms with Crippen molar-refractivity contribution in [3.63, 3.8) is 0 Å². The summed E-state index contributed by atoms with van der Waals surface area (Å²) in [6.45, 7) is 2.41. The fourth-order valence-electron chi connectivity index (χ4n) is 0.748. The van der Waals surface area contributed by atoms with Gasteiger partial charge in [0.2, 0.25) is 0 Å². The largest absolute Gasteiger partial charge is 0.330 e. The third kappa shape index (κ3) is 1.88. The molecule has 0 aliphatic carbocycles. The summed E-state index contributed by atoms with van der Waals surface area (Å²) in [6.07, 6.45) is 1.49. The van der Waals surface area contributed by atoms with Crippen LogP contribution in [0.2, 0.25) is 0 Å². The van der Waals surface area contributed by atoms with Gasteiger partial charge in [-0.25, -0.2) is 4.98 Å². The molecule has 1 rings (SSSR count). The van der Waals surface area contributed by atoms with Gasteiger partial charge in [0.1, 0.15) is 5.82 Å². The third-order valence-corrected chi connectivity index (χ3v) is 1.51. The molecular weight excluding hydrogens is 142 g/mol. The smallest absolute Gasteiger partial charge is 0.250 e. The maximum absolute atomic E-state index is 10.8. The quantitative estimate of drug-likeness (QED) is 0.619. The second-order valence-corrected chi connectivity index (χ2v) is 2.46. The molecule has 0 amide bonds. The first-order chi connectivity index (χ1) is 5.24. The van der Waals surface area contributed by atoms with Crippen molar-refractivity contribution >= 4 is 0 Å². The van der Waals surface area contributed by atoms with Crippen molar-refractivity contribution in [2.24, 2.45) is 5.73 Å². The van der Waals surface area contributed by atoms with Gasteiger partial charge < -0.3 is 10.7 Å². The monoisotopic (exact) mass is 153 g/mol. The summed E-state index contributed by atoms with van der Waals surface area (Å²) in [7, 11) is 0. The van der Waals surface area contributed by atoms with E-state index in [1.807, 2.05) is 6.92 Å². The highest BCUT2D eigenvalue weighted by atomic mass is 16.1. The van der Waals surface area contributed by atoms with E-state index in [2.05, 4.69) is 9.97 Å². The van der Waals surface area contributed by atoms with Crippen molar-refractivity contribution < 1.29 is 0 Å². The SMILES string of the molecule is CC(CN)c1nccc(=O)[nH]1. The van der Waals surface area contributed by atoms with Gasteiger partial charge in [0.15, 0.2) is 0 Å². The zero-order valence-corrected chi connectivity index (χ0v) is 6.37. The summed E-state index contributed by atoms with van der Waals surface area (Å²) in [5.74, 6) is 0.767. The van der Waals surface area contributed by atoms with Gasteiger partial charge in [-0.2, -0.15) is 0 Å². The Morgan fingerprint density at radius 1 is 1.82 bits per heavy atom. The lowest BCUT2D eigenvalue weighted by atomic mass is 10.2. The van der Waals surface area contributed by atoms with E-state index in [9.17, 15) is 4.79 Å². The molecule has 4 nitrogen and oxygen atoms in total. The normalized spacial score (nSPS) is 12.9. The number of H-pyrrole nitrogens is 1. The van der Waals surface area contributed by atoms with E-state index in [1.54, 1.807) is 0 Å². The fraction of sp³-hybridized carbons (Fsp3) is 0.429. The molecule has 0 saturated heterocycles. The molecule has 0 saturated carbocycles.